The van der Waals surface area contributed by atoms with Crippen molar-refractivity contribution in [1.82, 2.24) is 15.3 Å². The lowest BCUT2D eigenvalue weighted by Gasteiger charge is -2.26. The Bertz CT molecular complexity index is 1240. The number of aryl methyl sites for hydroxylation is 1. The number of nitrogens with zero attached hydrogens (tertiary/aromatic N) is 2. The first-order valence-electron chi connectivity index (χ1n) is 10.7. The molecular weight excluding hydrogens is 444 g/mol. The molecule has 4 rings (SSSR count). The molecule has 0 radical (unpaired) electrons. The minimum Gasteiger partial charge on any atom is -0.382 e. The molecule has 1 heterocycles. The highest BCUT2D eigenvalue weighted by molar-refractivity contribution is 5.97. The highest BCUT2D eigenvalue weighted by Gasteiger charge is 2.23. The van der Waals surface area contributed by atoms with Crippen molar-refractivity contribution in [3.05, 3.63) is 71.1 Å². The van der Waals surface area contributed by atoms with Crippen molar-refractivity contribution < 1.29 is 23.5 Å². The van der Waals surface area contributed by atoms with E-state index in [4.69, 9.17) is 5.73 Å². The Morgan fingerprint density at radius 3 is 2.47 bits per heavy atom. The largest absolute Gasteiger partial charge is 0.382 e. The second kappa shape index (κ2) is 9.52. The number of halogens is 2. The molecule has 5 N–H and O–H groups in total. The quantitative estimate of drug-likeness (QED) is 0.440. The Morgan fingerprint density at radius 1 is 1.15 bits per heavy atom. The molecular formula is C24H23F2N5O3. The van der Waals surface area contributed by atoms with E-state index in [2.05, 4.69) is 20.6 Å². The molecule has 34 heavy (non-hydrogen) atoms. The minimum atomic E-state index is -1.76. The first-order valence-corrected chi connectivity index (χ1v) is 10.7. The van der Waals surface area contributed by atoms with Gasteiger partial charge in [0.2, 0.25) is 0 Å². The van der Waals surface area contributed by atoms with Crippen LogP contribution in [0, 0.1) is 18.6 Å². The molecule has 0 unspecified atom stereocenters. The maximum absolute atomic E-state index is 13.4. The summed E-state index contributed by atoms with van der Waals surface area (Å²) in [6.45, 7) is 1.77. The van der Waals surface area contributed by atoms with Crippen LogP contribution in [0.25, 0.3) is 11.3 Å². The van der Waals surface area contributed by atoms with Crippen LogP contribution in [0.3, 0.4) is 0 Å². The van der Waals surface area contributed by atoms with E-state index in [9.17, 15) is 23.5 Å². The van der Waals surface area contributed by atoms with Crippen LogP contribution in [0.2, 0.25) is 0 Å². The van der Waals surface area contributed by atoms with Crippen molar-refractivity contribution in [3.63, 3.8) is 0 Å². The maximum atomic E-state index is 13.4. The highest BCUT2D eigenvalue weighted by Crippen LogP contribution is 2.27. The summed E-state index contributed by atoms with van der Waals surface area (Å²) in [5, 5.41) is 15.6. The lowest BCUT2D eigenvalue weighted by atomic mass is 9.93. The Balaban J connectivity index is 1.51. The number of aliphatic hydroxyl groups excluding tert-OH is 1. The first-order chi connectivity index (χ1) is 16.2. The number of amides is 2. The second-order valence-corrected chi connectivity index (χ2v) is 8.21. The van der Waals surface area contributed by atoms with E-state index in [1.54, 1.807) is 25.1 Å². The molecule has 0 spiro atoms. The van der Waals surface area contributed by atoms with Crippen LogP contribution in [0.15, 0.2) is 42.6 Å². The standard InChI is InChI=1S/C24H23F2N5O3/c1-12-7-17(30-24(34)21(32)13-8-14(25)10-15(26)9-13)5-6-18(12)19-11-28-22(27)20(31-19)23(33)29-16-3-2-4-16/h5-11,16,21,32H,2-4H2,1H3,(H2,27,28)(H,29,33)(H,30,34)/t21-/m0/s1. The molecule has 2 aromatic carbocycles. The lowest BCUT2D eigenvalue weighted by Crippen LogP contribution is -2.40. The van der Waals surface area contributed by atoms with Crippen LogP contribution >= 0.6 is 0 Å². The van der Waals surface area contributed by atoms with Crippen LogP contribution in [0.4, 0.5) is 20.3 Å². The normalized spacial score (nSPS) is 14.2. The molecule has 176 valence electrons. The van der Waals surface area contributed by atoms with Gasteiger partial charge in [0.15, 0.2) is 17.6 Å². The van der Waals surface area contributed by atoms with Crippen LogP contribution in [-0.2, 0) is 4.79 Å². The Kier molecular flexibility index (Phi) is 6.51. The summed E-state index contributed by atoms with van der Waals surface area (Å²) in [5.41, 5.74) is 7.86. The van der Waals surface area contributed by atoms with E-state index in [1.807, 2.05) is 0 Å². The van der Waals surface area contributed by atoms with Crippen molar-refractivity contribution >= 4 is 23.3 Å². The Morgan fingerprint density at radius 2 is 1.85 bits per heavy atom. The van der Waals surface area contributed by atoms with Crippen molar-refractivity contribution in [2.24, 2.45) is 0 Å². The predicted molar refractivity (Wildman–Crippen MR) is 122 cm³/mol. The first kappa shape index (κ1) is 23.2. The van der Waals surface area contributed by atoms with Gasteiger partial charge in [-0.3, -0.25) is 9.59 Å². The van der Waals surface area contributed by atoms with Gasteiger partial charge in [-0.25, -0.2) is 18.7 Å². The molecule has 0 aliphatic heterocycles. The van der Waals surface area contributed by atoms with Gasteiger partial charge in [-0.2, -0.15) is 0 Å². The molecule has 1 atom stereocenters. The average Bonchev–Trinajstić information content (AvgIpc) is 2.75. The van der Waals surface area contributed by atoms with Gasteiger partial charge in [-0.15, -0.1) is 0 Å². The summed E-state index contributed by atoms with van der Waals surface area (Å²) in [5.74, 6) is -2.98. The van der Waals surface area contributed by atoms with E-state index in [1.165, 1.54) is 6.20 Å². The maximum Gasteiger partial charge on any atom is 0.273 e. The van der Waals surface area contributed by atoms with Crippen molar-refractivity contribution in [3.8, 4) is 11.3 Å². The number of nitrogens with two attached hydrogens (primary N) is 1. The number of carbonyl (C=O) groups is 2. The van der Waals surface area contributed by atoms with Gasteiger partial charge in [0.25, 0.3) is 11.8 Å². The summed E-state index contributed by atoms with van der Waals surface area (Å²) < 4.78 is 26.8. The van der Waals surface area contributed by atoms with E-state index in [0.29, 0.717) is 28.6 Å². The predicted octanol–water partition coefficient (Wildman–Crippen LogP) is 3.27. The third-order valence-electron chi connectivity index (χ3n) is 5.68. The molecule has 0 bridgehead atoms. The van der Waals surface area contributed by atoms with E-state index in [-0.39, 0.29) is 29.0 Å². The molecule has 3 aromatic rings. The van der Waals surface area contributed by atoms with Gasteiger partial charge in [0.1, 0.15) is 11.6 Å². The fraction of sp³-hybridized carbons (Fsp3) is 0.250. The average molecular weight is 467 g/mol. The number of nitrogens with one attached hydrogen (secondary N) is 2. The molecule has 1 fully saturated rings. The minimum absolute atomic E-state index is 0.0323. The highest BCUT2D eigenvalue weighted by atomic mass is 19.1. The third-order valence-corrected chi connectivity index (χ3v) is 5.68. The summed E-state index contributed by atoms with van der Waals surface area (Å²) in [6, 6.07) is 7.44. The summed E-state index contributed by atoms with van der Waals surface area (Å²) in [7, 11) is 0. The molecule has 1 aromatic heterocycles. The van der Waals surface area contributed by atoms with Crippen LogP contribution < -0.4 is 16.4 Å². The SMILES string of the molecule is Cc1cc(NC(=O)[C@@H](O)c2cc(F)cc(F)c2)ccc1-c1cnc(N)c(C(=O)NC2CCC2)n1. The monoisotopic (exact) mass is 467 g/mol. The summed E-state index contributed by atoms with van der Waals surface area (Å²) in [4.78, 5) is 33.4. The van der Waals surface area contributed by atoms with E-state index in [0.717, 1.165) is 31.4 Å². The zero-order valence-corrected chi connectivity index (χ0v) is 18.3. The van der Waals surface area contributed by atoms with Crippen molar-refractivity contribution in [1.29, 1.82) is 0 Å². The number of carbonyl (C=O) groups excluding carboxylic acids is 2. The number of aromatic nitrogens is 2. The van der Waals surface area contributed by atoms with Crippen molar-refractivity contribution in [2.45, 2.75) is 38.3 Å². The topological polar surface area (TPSA) is 130 Å². The Labute approximate surface area is 194 Å². The van der Waals surface area contributed by atoms with Gasteiger partial charge >= 0.3 is 0 Å². The van der Waals surface area contributed by atoms with Crippen LogP contribution in [0.5, 0.6) is 0 Å². The van der Waals surface area contributed by atoms with E-state index < -0.39 is 23.6 Å². The fourth-order valence-corrected chi connectivity index (χ4v) is 3.63. The molecule has 1 saturated carbocycles. The summed E-state index contributed by atoms with van der Waals surface area (Å²) in [6.07, 6.45) is 2.62. The van der Waals surface area contributed by atoms with E-state index >= 15 is 0 Å². The number of hydrogen-bond donors (Lipinski definition) is 4. The number of hydrogen-bond acceptors (Lipinski definition) is 6. The molecule has 8 nitrogen and oxygen atoms in total. The molecule has 2 amide bonds. The number of nitrogen functional groups attached to an aromatic ring is 1. The van der Waals surface area contributed by atoms with Gasteiger partial charge in [0, 0.05) is 23.4 Å². The fourth-order valence-electron chi connectivity index (χ4n) is 3.63. The molecule has 0 saturated heterocycles. The third kappa shape index (κ3) is 5.01. The van der Waals surface area contributed by atoms with Crippen molar-refractivity contribution in [2.75, 3.05) is 11.1 Å². The Hall–Kier alpha value is -3.92. The van der Waals surface area contributed by atoms with Gasteiger partial charge in [-0.1, -0.05) is 6.07 Å². The van der Waals surface area contributed by atoms with Crippen LogP contribution in [0.1, 0.15) is 47.0 Å². The molecule has 1 aliphatic rings. The second-order valence-electron chi connectivity index (χ2n) is 8.21. The van der Waals surface area contributed by atoms with Crippen LogP contribution in [-0.4, -0.2) is 32.9 Å². The summed E-state index contributed by atoms with van der Waals surface area (Å²) >= 11 is 0. The molecule has 1 aliphatic carbocycles. The van der Waals surface area contributed by atoms with Gasteiger partial charge < -0.3 is 21.5 Å². The van der Waals surface area contributed by atoms with Gasteiger partial charge in [-0.05, 0) is 61.6 Å². The lowest BCUT2D eigenvalue weighted by molar-refractivity contribution is -0.124. The number of rotatable bonds is 6. The zero-order valence-electron chi connectivity index (χ0n) is 18.3. The number of anilines is 2. The number of aliphatic hydroxyl groups is 1. The van der Waals surface area contributed by atoms with Gasteiger partial charge in [0.05, 0.1) is 11.9 Å². The molecule has 10 heteroatoms. The smallest absolute Gasteiger partial charge is 0.273 e. The zero-order chi connectivity index (χ0) is 24.4. The number of benzene rings is 2.